The van der Waals surface area contributed by atoms with Gasteiger partial charge in [0.05, 0.1) is 5.02 Å². The molecule has 0 saturated heterocycles. The molecule has 0 unspecified atom stereocenters. The molecule has 0 saturated carbocycles. The Balaban J connectivity index is 2.08. The summed E-state index contributed by atoms with van der Waals surface area (Å²) in [5.74, 6) is 0.278. The molecule has 4 nitrogen and oxygen atoms in total. The minimum atomic E-state index is -0.524. The number of amides is 1. The average Bonchev–Trinajstić information content (AvgIpc) is 2.49. The molecular formula is C16H17ClFN3O. The smallest absolute Gasteiger partial charge is 0.255 e. The van der Waals surface area contributed by atoms with Gasteiger partial charge in [0.25, 0.3) is 5.91 Å². The van der Waals surface area contributed by atoms with Gasteiger partial charge in [-0.2, -0.15) is 0 Å². The van der Waals surface area contributed by atoms with Crippen LogP contribution in [0.25, 0.3) is 0 Å². The Morgan fingerprint density at radius 1 is 1.32 bits per heavy atom. The molecule has 6 heteroatoms. The quantitative estimate of drug-likeness (QED) is 0.868. The lowest BCUT2D eigenvalue weighted by molar-refractivity contribution is 0.102. The third kappa shape index (κ3) is 4.43. The molecule has 0 aliphatic rings. The lowest BCUT2D eigenvalue weighted by Gasteiger charge is -2.10. The van der Waals surface area contributed by atoms with E-state index in [0.29, 0.717) is 23.0 Å². The molecule has 2 aromatic rings. The van der Waals surface area contributed by atoms with Crippen molar-refractivity contribution in [1.82, 2.24) is 4.98 Å². The number of nitrogens with one attached hydrogen (secondary N) is 2. The molecule has 1 aromatic carbocycles. The van der Waals surface area contributed by atoms with Gasteiger partial charge in [-0.1, -0.05) is 25.4 Å². The fourth-order valence-corrected chi connectivity index (χ4v) is 1.93. The molecule has 2 rings (SSSR count). The van der Waals surface area contributed by atoms with Crippen LogP contribution in [-0.4, -0.2) is 17.4 Å². The van der Waals surface area contributed by atoms with E-state index in [9.17, 15) is 9.18 Å². The largest absolute Gasteiger partial charge is 0.370 e. The van der Waals surface area contributed by atoms with Gasteiger partial charge in [-0.25, -0.2) is 9.37 Å². The fraction of sp³-hybridized carbons (Fsp3) is 0.250. The van der Waals surface area contributed by atoms with E-state index in [-0.39, 0.29) is 10.9 Å². The maximum Gasteiger partial charge on any atom is 0.255 e. The van der Waals surface area contributed by atoms with Gasteiger partial charge in [-0.05, 0) is 36.2 Å². The van der Waals surface area contributed by atoms with E-state index in [4.69, 9.17) is 11.6 Å². The van der Waals surface area contributed by atoms with Gasteiger partial charge in [0.1, 0.15) is 11.6 Å². The zero-order chi connectivity index (χ0) is 16.1. The Morgan fingerprint density at radius 2 is 2.09 bits per heavy atom. The molecule has 1 heterocycles. The number of rotatable bonds is 5. The lowest BCUT2D eigenvalue weighted by Crippen LogP contribution is -2.14. The van der Waals surface area contributed by atoms with Crippen LogP contribution >= 0.6 is 11.6 Å². The molecule has 0 aliphatic heterocycles. The van der Waals surface area contributed by atoms with Crippen molar-refractivity contribution in [3.8, 4) is 0 Å². The van der Waals surface area contributed by atoms with Crippen LogP contribution in [0.4, 0.5) is 15.9 Å². The van der Waals surface area contributed by atoms with E-state index in [1.165, 1.54) is 18.2 Å². The van der Waals surface area contributed by atoms with Crippen LogP contribution < -0.4 is 10.6 Å². The summed E-state index contributed by atoms with van der Waals surface area (Å²) in [6.07, 6.45) is 1.56. The number of carbonyl (C=O) groups is 1. The fourth-order valence-electron chi connectivity index (χ4n) is 1.75. The summed E-state index contributed by atoms with van der Waals surface area (Å²) in [4.78, 5) is 16.4. The number of carbonyl (C=O) groups excluding carboxylic acids is 1. The lowest BCUT2D eigenvalue weighted by atomic mass is 10.2. The van der Waals surface area contributed by atoms with Gasteiger partial charge in [-0.3, -0.25) is 4.79 Å². The van der Waals surface area contributed by atoms with Crippen LogP contribution in [0.3, 0.4) is 0 Å². The van der Waals surface area contributed by atoms with Gasteiger partial charge in [0.15, 0.2) is 0 Å². The van der Waals surface area contributed by atoms with E-state index < -0.39 is 5.82 Å². The number of benzene rings is 1. The molecule has 0 bridgehead atoms. The third-order valence-electron chi connectivity index (χ3n) is 2.89. The molecule has 22 heavy (non-hydrogen) atoms. The zero-order valence-electron chi connectivity index (χ0n) is 12.4. The predicted octanol–water partition coefficient (Wildman–Crippen LogP) is 4.19. The van der Waals surface area contributed by atoms with Gasteiger partial charge >= 0.3 is 0 Å². The highest BCUT2D eigenvalue weighted by atomic mass is 35.5. The molecule has 1 aromatic heterocycles. The van der Waals surface area contributed by atoms with Crippen LogP contribution in [0.1, 0.15) is 24.2 Å². The first-order chi connectivity index (χ1) is 10.5. The summed E-state index contributed by atoms with van der Waals surface area (Å²) in [7, 11) is 0. The Hall–Kier alpha value is -2.14. The number of pyridine rings is 1. The van der Waals surface area contributed by atoms with Crippen molar-refractivity contribution in [2.24, 2.45) is 5.92 Å². The molecule has 116 valence electrons. The van der Waals surface area contributed by atoms with Crippen LogP contribution in [0, 0.1) is 11.7 Å². The van der Waals surface area contributed by atoms with Crippen molar-refractivity contribution in [3.63, 3.8) is 0 Å². The van der Waals surface area contributed by atoms with Gasteiger partial charge in [-0.15, -0.1) is 0 Å². The Morgan fingerprint density at radius 3 is 2.77 bits per heavy atom. The summed E-state index contributed by atoms with van der Waals surface area (Å²) in [5.41, 5.74) is 0.895. The number of halogens is 2. The van der Waals surface area contributed by atoms with Crippen molar-refractivity contribution in [1.29, 1.82) is 0 Å². The third-order valence-corrected chi connectivity index (χ3v) is 3.18. The molecule has 0 fully saturated rings. The first-order valence-corrected chi connectivity index (χ1v) is 7.30. The molecule has 1 amide bonds. The summed E-state index contributed by atoms with van der Waals surface area (Å²) < 4.78 is 13.1. The Kier molecular flexibility index (Phi) is 5.33. The Bertz CT molecular complexity index is 676. The summed E-state index contributed by atoms with van der Waals surface area (Å²) in [5, 5.41) is 5.80. The summed E-state index contributed by atoms with van der Waals surface area (Å²) in [6, 6.07) is 7.32. The van der Waals surface area contributed by atoms with Crippen molar-refractivity contribution in [2.75, 3.05) is 17.2 Å². The number of aromatic nitrogens is 1. The molecule has 0 radical (unpaired) electrons. The highest BCUT2D eigenvalue weighted by molar-refractivity contribution is 6.31. The van der Waals surface area contributed by atoms with Crippen molar-refractivity contribution >= 4 is 29.0 Å². The predicted molar refractivity (Wildman–Crippen MR) is 86.9 cm³/mol. The molecular weight excluding hydrogens is 305 g/mol. The zero-order valence-corrected chi connectivity index (χ0v) is 13.1. The normalized spacial score (nSPS) is 10.6. The van der Waals surface area contributed by atoms with E-state index in [1.807, 2.05) is 0 Å². The highest BCUT2D eigenvalue weighted by Crippen LogP contribution is 2.20. The number of nitrogens with zero attached hydrogens (tertiary/aromatic N) is 1. The van der Waals surface area contributed by atoms with E-state index in [0.717, 1.165) is 6.54 Å². The van der Waals surface area contributed by atoms with Crippen LogP contribution in [0.2, 0.25) is 5.02 Å². The van der Waals surface area contributed by atoms with Gasteiger partial charge < -0.3 is 10.6 Å². The van der Waals surface area contributed by atoms with Crippen LogP contribution in [0.5, 0.6) is 0 Å². The minimum absolute atomic E-state index is 0.0354. The second kappa shape index (κ2) is 7.22. The first kappa shape index (κ1) is 16.2. The van der Waals surface area contributed by atoms with E-state index in [2.05, 4.69) is 29.5 Å². The second-order valence-corrected chi connectivity index (χ2v) is 5.69. The number of hydrogen-bond donors (Lipinski definition) is 2. The summed E-state index contributed by atoms with van der Waals surface area (Å²) in [6.45, 7) is 4.94. The second-order valence-electron chi connectivity index (χ2n) is 5.29. The van der Waals surface area contributed by atoms with E-state index in [1.54, 1.807) is 18.3 Å². The summed E-state index contributed by atoms with van der Waals surface area (Å²) >= 11 is 5.69. The van der Waals surface area contributed by atoms with Gasteiger partial charge in [0.2, 0.25) is 0 Å². The minimum Gasteiger partial charge on any atom is -0.370 e. The molecule has 2 N–H and O–H groups in total. The first-order valence-electron chi connectivity index (χ1n) is 6.92. The van der Waals surface area contributed by atoms with Gasteiger partial charge in [0, 0.05) is 24.0 Å². The van der Waals surface area contributed by atoms with Crippen molar-refractivity contribution < 1.29 is 9.18 Å². The topological polar surface area (TPSA) is 54.0 Å². The van der Waals surface area contributed by atoms with Crippen LogP contribution in [-0.2, 0) is 0 Å². The Labute approximate surface area is 133 Å². The number of anilines is 2. The molecule has 0 aliphatic carbocycles. The molecule has 0 spiro atoms. The monoisotopic (exact) mass is 321 g/mol. The number of hydrogen-bond acceptors (Lipinski definition) is 3. The van der Waals surface area contributed by atoms with Crippen LogP contribution in [0.15, 0.2) is 36.5 Å². The molecule has 0 atom stereocenters. The average molecular weight is 322 g/mol. The maximum absolute atomic E-state index is 13.1. The SMILES string of the molecule is CC(C)CNc1cc(C(=O)Nc2ccc(F)c(Cl)c2)ccn1. The van der Waals surface area contributed by atoms with Crippen molar-refractivity contribution in [2.45, 2.75) is 13.8 Å². The van der Waals surface area contributed by atoms with E-state index >= 15 is 0 Å². The standard InChI is InChI=1S/C16H17ClFN3O/c1-10(2)9-20-15-7-11(5-6-19-15)16(22)21-12-3-4-14(18)13(17)8-12/h3-8,10H,9H2,1-2H3,(H,19,20)(H,21,22). The van der Waals surface area contributed by atoms with Crippen molar-refractivity contribution in [3.05, 3.63) is 52.9 Å². The maximum atomic E-state index is 13.1. The highest BCUT2D eigenvalue weighted by Gasteiger charge is 2.09.